The Balaban J connectivity index is 1.76. The van der Waals surface area contributed by atoms with Gasteiger partial charge in [0.15, 0.2) is 0 Å². The molecule has 0 aliphatic carbocycles. The largest absolute Gasteiger partial charge is 0.481 e. The van der Waals surface area contributed by atoms with Crippen molar-refractivity contribution in [3.05, 3.63) is 107 Å². The molecule has 2 N–H and O–H groups in total. The first kappa shape index (κ1) is 20.3. The molecule has 3 rings (SSSR count). The fraction of sp³-hybridized carbons (Fsp3) is 0.200. The second-order valence-electron chi connectivity index (χ2n) is 6.97. The van der Waals surface area contributed by atoms with E-state index in [1.54, 1.807) is 6.07 Å². The summed E-state index contributed by atoms with van der Waals surface area (Å²) in [5.74, 6) is -0.912. The monoisotopic (exact) mass is 387 g/mol. The number of carboxylic acid groups (broad SMARTS) is 1. The molecular weight excluding hydrogens is 362 g/mol. The Morgan fingerprint density at radius 1 is 0.793 bits per heavy atom. The number of nitrogens with one attached hydrogen (secondary N) is 1. The molecule has 0 radical (unpaired) electrons. The SMILES string of the molecule is O=C(O)CCNC(=O)c1ccccc1CCC(c1ccccc1)c1ccccc1. The highest BCUT2D eigenvalue weighted by atomic mass is 16.4. The van der Waals surface area contributed by atoms with Gasteiger partial charge in [0.2, 0.25) is 0 Å². The van der Waals surface area contributed by atoms with E-state index < -0.39 is 5.97 Å². The summed E-state index contributed by atoms with van der Waals surface area (Å²) in [7, 11) is 0. The van der Waals surface area contributed by atoms with Crippen LogP contribution in [0.3, 0.4) is 0 Å². The lowest BCUT2D eigenvalue weighted by atomic mass is 9.85. The molecular formula is C25H25NO3. The van der Waals surface area contributed by atoms with Crippen molar-refractivity contribution in [3.63, 3.8) is 0 Å². The van der Waals surface area contributed by atoms with Gasteiger partial charge < -0.3 is 10.4 Å². The zero-order chi connectivity index (χ0) is 20.5. The summed E-state index contributed by atoms with van der Waals surface area (Å²) >= 11 is 0. The van der Waals surface area contributed by atoms with E-state index >= 15 is 0 Å². The maximum absolute atomic E-state index is 12.5. The molecule has 3 aromatic carbocycles. The smallest absolute Gasteiger partial charge is 0.305 e. The van der Waals surface area contributed by atoms with Gasteiger partial charge >= 0.3 is 5.97 Å². The predicted molar refractivity (Wildman–Crippen MR) is 114 cm³/mol. The summed E-state index contributed by atoms with van der Waals surface area (Å²) in [5, 5.41) is 11.5. The van der Waals surface area contributed by atoms with Crippen molar-refractivity contribution in [2.24, 2.45) is 0 Å². The van der Waals surface area contributed by atoms with Crippen molar-refractivity contribution >= 4 is 11.9 Å². The number of benzene rings is 3. The van der Waals surface area contributed by atoms with Crippen LogP contribution in [-0.4, -0.2) is 23.5 Å². The second kappa shape index (κ2) is 10.2. The van der Waals surface area contributed by atoms with E-state index in [0.717, 1.165) is 18.4 Å². The molecule has 0 fully saturated rings. The highest BCUT2D eigenvalue weighted by Gasteiger charge is 2.16. The number of aryl methyl sites for hydroxylation is 1. The van der Waals surface area contributed by atoms with E-state index in [9.17, 15) is 9.59 Å². The highest BCUT2D eigenvalue weighted by molar-refractivity contribution is 5.95. The second-order valence-corrected chi connectivity index (χ2v) is 6.97. The molecule has 0 bridgehead atoms. The molecule has 3 aromatic rings. The quantitative estimate of drug-likeness (QED) is 0.561. The molecule has 0 aliphatic rings. The summed E-state index contributed by atoms with van der Waals surface area (Å²) in [6.07, 6.45) is 1.53. The van der Waals surface area contributed by atoms with Crippen molar-refractivity contribution in [2.75, 3.05) is 6.54 Å². The van der Waals surface area contributed by atoms with Crippen molar-refractivity contribution in [1.29, 1.82) is 0 Å². The lowest BCUT2D eigenvalue weighted by Crippen LogP contribution is -2.27. The summed E-state index contributed by atoms with van der Waals surface area (Å²) in [6, 6.07) is 28.3. The molecule has 0 unspecified atom stereocenters. The number of aliphatic carboxylic acids is 1. The molecule has 0 saturated heterocycles. The molecule has 4 heteroatoms. The topological polar surface area (TPSA) is 66.4 Å². The number of hydrogen-bond donors (Lipinski definition) is 2. The van der Waals surface area contributed by atoms with Crippen LogP contribution in [0.4, 0.5) is 0 Å². The zero-order valence-corrected chi connectivity index (χ0v) is 16.3. The van der Waals surface area contributed by atoms with E-state index in [1.807, 2.05) is 30.3 Å². The minimum atomic E-state index is -0.924. The number of amides is 1. The molecule has 0 saturated carbocycles. The summed E-state index contributed by atoms with van der Waals surface area (Å²) < 4.78 is 0. The first-order valence-corrected chi connectivity index (χ1v) is 9.83. The van der Waals surface area contributed by atoms with Gasteiger partial charge in [0.05, 0.1) is 6.42 Å². The third kappa shape index (κ3) is 5.79. The average molecular weight is 387 g/mol. The normalized spacial score (nSPS) is 10.7. The Kier molecular flexibility index (Phi) is 7.17. The fourth-order valence-corrected chi connectivity index (χ4v) is 3.53. The van der Waals surface area contributed by atoms with Crippen molar-refractivity contribution < 1.29 is 14.7 Å². The van der Waals surface area contributed by atoms with Crippen LogP contribution >= 0.6 is 0 Å². The van der Waals surface area contributed by atoms with E-state index in [0.29, 0.717) is 5.56 Å². The van der Waals surface area contributed by atoms with E-state index in [2.05, 4.69) is 53.8 Å². The molecule has 0 atom stereocenters. The van der Waals surface area contributed by atoms with Crippen molar-refractivity contribution in [1.82, 2.24) is 5.32 Å². The Morgan fingerprint density at radius 3 is 1.93 bits per heavy atom. The van der Waals surface area contributed by atoms with E-state index in [1.165, 1.54) is 11.1 Å². The number of carbonyl (C=O) groups is 2. The minimum Gasteiger partial charge on any atom is -0.481 e. The first-order chi connectivity index (χ1) is 14.1. The third-order valence-corrected chi connectivity index (χ3v) is 4.99. The van der Waals surface area contributed by atoms with Crippen LogP contribution in [0.25, 0.3) is 0 Å². The van der Waals surface area contributed by atoms with Crippen LogP contribution in [0, 0.1) is 0 Å². The summed E-state index contributed by atoms with van der Waals surface area (Å²) in [5.41, 5.74) is 4.08. The maximum atomic E-state index is 12.5. The summed E-state index contributed by atoms with van der Waals surface area (Å²) in [6.45, 7) is 0.124. The summed E-state index contributed by atoms with van der Waals surface area (Å²) in [4.78, 5) is 23.2. The molecule has 0 aromatic heterocycles. The van der Waals surface area contributed by atoms with Gasteiger partial charge in [0, 0.05) is 18.0 Å². The van der Waals surface area contributed by atoms with Gasteiger partial charge in [-0.1, -0.05) is 78.9 Å². The number of hydrogen-bond acceptors (Lipinski definition) is 2. The Morgan fingerprint density at radius 2 is 1.34 bits per heavy atom. The number of carbonyl (C=O) groups excluding carboxylic acids is 1. The average Bonchev–Trinajstić information content (AvgIpc) is 2.75. The van der Waals surface area contributed by atoms with Crippen molar-refractivity contribution in [3.8, 4) is 0 Å². The fourth-order valence-electron chi connectivity index (χ4n) is 3.53. The van der Waals surface area contributed by atoms with Crippen LogP contribution in [0.15, 0.2) is 84.9 Å². The maximum Gasteiger partial charge on any atom is 0.305 e. The Bertz CT molecular complexity index is 899. The molecule has 0 aliphatic heterocycles. The van der Waals surface area contributed by atoms with Crippen LogP contribution in [0.1, 0.15) is 45.8 Å². The van der Waals surface area contributed by atoms with Crippen molar-refractivity contribution in [2.45, 2.75) is 25.2 Å². The minimum absolute atomic E-state index is 0.0853. The molecule has 1 amide bonds. The molecule has 148 valence electrons. The highest BCUT2D eigenvalue weighted by Crippen LogP contribution is 2.29. The number of carboxylic acids is 1. The Hall–Kier alpha value is -3.40. The van der Waals surface area contributed by atoms with Gasteiger partial charge in [-0.25, -0.2) is 0 Å². The van der Waals surface area contributed by atoms with Gasteiger partial charge in [-0.05, 0) is 35.6 Å². The van der Waals surface area contributed by atoms with E-state index in [-0.39, 0.29) is 24.8 Å². The molecule has 0 spiro atoms. The van der Waals surface area contributed by atoms with Crippen LogP contribution in [0.2, 0.25) is 0 Å². The lowest BCUT2D eigenvalue weighted by molar-refractivity contribution is -0.136. The van der Waals surface area contributed by atoms with Gasteiger partial charge in [0.25, 0.3) is 5.91 Å². The standard InChI is InChI=1S/C25H25NO3/c27-24(28)17-18-26-25(29)23-14-8-7-13-21(23)15-16-22(19-9-3-1-4-10-19)20-11-5-2-6-12-20/h1-14,22H,15-18H2,(H,26,29)(H,27,28). The predicted octanol–water partition coefficient (Wildman–Crippen LogP) is 4.66. The molecule has 0 heterocycles. The van der Waals surface area contributed by atoms with Gasteiger partial charge in [-0.2, -0.15) is 0 Å². The van der Waals surface area contributed by atoms with Crippen LogP contribution in [0.5, 0.6) is 0 Å². The van der Waals surface area contributed by atoms with Crippen LogP contribution < -0.4 is 5.32 Å². The third-order valence-electron chi connectivity index (χ3n) is 4.99. The number of rotatable bonds is 9. The molecule has 29 heavy (non-hydrogen) atoms. The van der Waals surface area contributed by atoms with E-state index in [4.69, 9.17) is 5.11 Å². The Labute approximate surface area is 171 Å². The lowest BCUT2D eigenvalue weighted by Gasteiger charge is -2.19. The molecule has 4 nitrogen and oxygen atoms in total. The van der Waals surface area contributed by atoms with Gasteiger partial charge in [-0.3, -0.25) is 9.59 Å². The van der Waals surface area contributed by atoms with Gasteiger partial charge in [-0.15, -0.1) is 0 Å². The zero-order valence-electron chi connectivity index (χ0n) is 16.3. The van der Waals surface area contributed by atoms with Gasteiger partial charge in [0.1, 0.15) is 0 Å². The first-order valence-electron chi connectivity index (χ1n) is 9.83. The van der Waals surface area contributed by atoms with Crippen LogP contribution in [-0.2, 0) is 11.2 Å².